The average Bonchev–Trinajstić information content (AvgIpc) is 3.31. The van der Waals surface area contributed by atoms with E-state index < -0.39 is 17.1 Å². The topological polar surface area (TPSA) is 71.3 Å². The minimum Gasteiger partial charge on any atom is -0.305 e. The number of aromatic nitrogens is 3. The molecule has 1 saturated heterocycles. The number of rotatable bonds is 5. The minimum absolute atomic E-state index is 0.0148. The molecule has 0 unspecified atom stereocenters. The van der Waals surface area contributed by atoms with Crippen LogP contribution in [-0.2, 0) is 11.3 Å². The molecule has 0 bridgehead atoms. The normalized spacial score (nSPS) is 17.5. The molecule has 7 nitrogen and oxygen atoms in total. The number of carbonyl (C=O) groups is 2. The van der Waals surface area contributed by atoms with Gasteiger partial charge in [-0.3, -0.25) is 9.78 Å². The molecule has 2 aromatic heterocycles. The molecule has 164 valence electrons. The lowest BCUT2D eigenvalue weighted by Crippen LogP contribution is -2.36. The SMILES string of the molecule is O=C1N(c2ccc(SC(F)(F)F)cc2)C(=O)C2(CC2)N1Cc1ccncc1-n1cccn1. The molecule has 2 fully saturated rings. The zero-order chi connectivity index (χ0) is 22.5. The molecule has 3 heterocycles. The third-order valence-corrected chi connectivity index (χ3v) is 6.30. The van der Waals surface area contributed by atoms with Gasteiger partial charge in [0.25, 0.3) is 5.91 Å². The van der Waals surface area contributed by atoms with Crippen LogP contribution in [0.4, 0.5) is 23.7 Å². The van der Waals surface area contributed by atoms with Crippen LogP contribution in [0, 0.1) is 0 Å². The van der Waals surface area contributed by atoms with Gasteiger partial charge in [0.05, 0.1) is 24.1 Å². The van der Waals surface area contributed by atoms with Crippen molar-refractivity contribution in [1.29, 1.82) is 0 Å². The Bertz CT molecular complexity index is 1180. The molecule has 0 atom stereocenters. The highest BCUT2D eigenvalue weighted by Gasteiger charge is 2.65. The van der Waals surface area contributed by atoms with Gasteiger partial charge in [0, 0.05) is 29.0 Å². The number of halogens is 3. The Kier molecular flexibility index (Phi) is 4.73. The predicted octanol–water partition coefficient (Wildman–Crippen LogP) is 4.38. The Labute approximate surface area is 184 Å². The van der Waals surface area contributed by atoms with Gasteiger partial charge in [-0.1, -0.05) is 0 Å². The second-order valence-electron chi connectivity index (χ2n) is 7.54. The summed E-state index contributed by atoms with van der Waals surface area (Å²) in [6.07, 6.45) is 7.72. The summed E-state index contributed by atoms with van der Waals surface area (Å²) in [6.45, 7) is 0.181. The van der Waals surface area contributed by atoms with Gasteiger partial charge >= 0.3 is 11.5 Å². The first-order valence-electron chi connectivity index (χ1n) is 9.73. The summed E-state index contributed by atoms with van der Waals surface area (Å²) in [6, 6.07) is 8.30. The number of urea groups is 1. The number of pyridine rings is 1. The van der Waals surface area contributed by atoms with E-state index in [4.69, 9.17) is 0 Å². The third kappa shape index (κ3) is 3.52. The van der Waals surface area contributed by atoms with Gasteiger partial charge in [-0.15, -0.1) is 0 Å². The van der Waals surface area contributed by atoms with Crippen molar-refractivity contribution in [3.8, 4) is 5.69 Å². The van der Waals surface area contributed by atoms with Gasteiger partial charge in [-0.05, 0) is 61.0 Å². The highest BCUT2D eigenvalue weighted by molar-refractivity contribution is 8.00. The maximum atomic E-state index is 13.3. The Balaban J connectivity index is 1.43. The van der Waals surface area contributed by atoms with Crippen molar-refractivity contribution in [1.82, 2.24) is 19.7 Å². The molecule has 3 aromatic rings. The summed E-state index contributed by atoms with van der Waals surface area (Å²) in [5.41, 5.74) is -3.61. The maximum Gasteiger partial charge on any atom is 0.446 e. The van der Waals surface area contributed by atoms with Gasteiger partial charge in [0.1, 0.15) is 5.54 Å². The summed E-state index contributed by atoms with van der Waals surface area (Å²) in [5, 5.41) is 4.22. The fourth-order valence-corrected chi connectivity index (χ4v) is 4.44. The fraction of sp³-hybridized carbons (Fsp3) is 0.238. The number of alkyl halides is 3. The van der Waals surface area contributed by atoms with Crippen LogP contribution in [0.1, 0.15) is 18.4 Å². The van der Waals surface area contributed by atoms with Crippen LogP contribution >= 0.6 is 11.8 Å². The Morgan fingerprint density at radius 3 is 2.44 bits per heavy atom. The lowest BCUT2D eigenvalue weighted by molar-refractivity contribution is -0.120. The quantitative estimate of drug-likeness (QED) is 0.418. The number of imide groups is 1. The summed E-state index contributed by atoms with van der Waals surface area (Å²) < 4.78 is 39.4. The molecule has 32 heavy (non-hydrogen) atoms. The smallest absolute Gasteiger partial charge is 0.305 e. The van der Waals surface area contributed by atoms with Crippen molar-refractivity contribution in [2.24, 2.45) is 0 Å². The van der Waals surface area contributed by atoms with Crippen LogP contribution in [0.2, 0.25) is 0 Å². The molecule has 0 radical (unpaired) electrons. The fourth-order valence-electron chi connectivity index (χ4n) is 3.90. The van der Waals surface area contributed by atoms with Gasteiger partial charge in [0.2, 0.25) is 0 Å². The van der Waals surface area contributed by atoms with Crippen molar-refractivity contribution in [3.63, 3.8) is 0 Å². The van der Waals surface area contributed by atoms with E-state index in [2.05, 4.69) is 10.1 Å². The third-order valence-electron chi connectivity index (χ3n) is 5.56. The van der Waals surface area contributed by atoms with Gasteiger partial charge in [0.15, 0.2) is 0 Å². The molecule has 5 rings (SSSR count). The predicted molar refractivity (Wildman–Crippen MR) is 110 cm³/mol. The first-order chi connectivity index (χ1) is 15.3. The van der Waals surface area contributed by atoms with E-state index in [-0.39, 0.29) is 34.8 Å². The summed E-state index contributed by atoms with van der Waals surface area (Å²) in [4.78, 5) is 33.2. The molecule has 11 heteroatoms. The minimum atomic E-state index is -4.41. The van der Waals surface area contributed by atoms with Crippen LogP contribution in [0.5, 0.6) is 0 Å². The molecule has 1 saturated carbocycles. The summed E-state index contributed by atoms with van der Waals surface area (Å²) in [7, 11) is 0. The van der Waals surface area contributed by atoms with E-state index in [1.54, 1.807) is 41.6 Å². The second-order valence-corrected chi connectivity index (χ2v) is 8.68. The van der Waals surface area contributed by atoms with Crippen molar-refractivity contribution < 1.29 is 22.8 Å². The molecule has 2 aliphatic rings. The van der Waals surface area contributed by atoms with Gasteiger partial charge in [-0.25, -0.2) is 14.4 Å². The zero-order valence-electron chi connectivity index (χ0n) is 16.5. The van der Waals surface area contributed by atoms with E-state index in [1.165, 1.54) is 29.2 Å². The van der Waals surface area contributed by atoms with Crippen LogP contribution in [0.3, 0.4) is 0 Å². The largest absolute Gasteiger partial charge is 0.446 e. The second kappa shape index (κ2) is 7.37. The molecule has 1 aliphatic carbocycles. The number of hydrogen-bond acceptors (Lipinski definition) is 5. The average molecular weight is 459 g/mol. The monoisotopic (exact) mass is 459 g/mol. The lowest BCUT2D eigenvalue weighted by atomic mass is 10.1. The van der Waals surface area contributed by atoms with Crippen LogP contribution in [-0.4, -0.2) is 42.6 Å². The number of thioether (sulfide) groups is 1. The van der Waals surface area contributed by atoms with Crippen molar-refractivity contribution in [2.45, 2.75) is 35.3 Å². The Hall–Kier alpha value is -3.34. The number of carbonyl (C=O) groups excluding carboxylic acids is 2. The Morgan fingerprint density at radius 2 is 1.81 bits per heavy atom. The number of benzene rings is 1. The summed E-state index contributed by atoms with van der Waals surface area (Å²) in [5.74, 6) is -0.353. The molecule has 1 spiro atoms. The van der Waals surface area contributed by atoms with E-state index >= 15 is 0 Å². The van der Waals surface area contributed by atoms with Crippen molar-refractivity contribution >= 4 is 29.4 Å². The molecule has 3 amide bonds. The highest BCUT2D eigenvalue weighted by atomic mass is 32.2. The molecular weight excluding hydrogens is 443 g/mol. The van der Waals surface area contributed by atoms with E-state index in [0.717, 1.165) is 10.5 Å². The molecule has 0 N–H and O–H groups in total. The lowest BCUT2D eigenvalue weighted by Gasteiger charge is -2.22. The van der Waals surface area contributed by atoms with Gasteiger partial charge < -0.3 is 4.90 Å². The first kappa shape index (κ1) is 20.6. The van der Waals surface area contributed by atoms with Crippen molar-refractivity contribution in [3.05, 3.63) is 66.7 Å². The first-order valence-corrected chi connectivity index (χ1v) is 10.5. The van der Waals surface area contributed by atoms with E-state index in [1.807, 2.05) is 0 Å². The van der Waals surface area contributed by atoms with Crippen LogP contribution in [0.15, 0.2) is 66.1 Å². The standard InChI is InChI=1S/C21H16F3N5O2S/c22-21(23,24)32-16-4-2-15(3-5-16)29-18(30)20(7-8-20)27(19(29)31)13-14-6-10-25-12-17(14)28-11-1-9-26-28/h1-6,9-12H,7-8,13H2. The molecular formula is C21H16F3N5O2S. The number of hydrogen-bond donors (Lipinski definition) is 0. The number of nitrogens with zero attached hydrogens (tertiary/aromatic N) is 5. The van der Waals surface area contributed by atoms with Gasteiger partial charge in [-0.2, -0.15) is 18.3 Å². The van der Waals surface area contributed by atoms with E-state index in [0.29, 0.717) is 18.5 Å². The molecule has 1 aromatic carbocycles. The summed E-state index contributed by atoms with van der Waals surface area (Å²) >= 11 is -0.245. The Morgan fingerprint density at radius 1 is 1.06 bits per heavy atom. The molecule has 1 aliphatic heterocycles. The number of anilines is 1. The van der Waals surface area contributed by atoms with Crippen molar-refractivity contribution in [2.75, 3.05) is 4.90 Å². The van der Waals surface area contributed by atoms with Crippen LogP contribution in [0.25, 0.3) is 5.69 Å². The zero-order valence-corrected chi connectivity index (χ0v) is 17.3. The number of amides is 3. The van der Waals surface area contributed by atoms with Crippen LogP contribution < -0.4 is 4.90 Å². The highest BCUT2D eigenvalue weighted by Crippen LogP contribution is 2.50. The maximum absolute atomic E-state index is 13.3. The van der Waals surface area contributed by atoms with E-state index in [9.17, 15) is 22.8 Å².